The zero-order valence-corrected chi connectivity index (χ0v) is 5.59. The van der Waals surface area contributed by atoms with Crippen molar-refractivity contribution in [3.05, 3.63) is 0 Å². The van der Waals surface area contributed by atoms with E-state index in [0.29, 0.717) is 6.61 Å². The molecule has 0 heterocycles. The van der Waals surface area contributed by atoms with Crippen LogP contribution < -0.4 is 0 Å². The van der Waals surface area contributed by atoms with Gasteiger partial charge in [0, 0.05) is 0 Å². The van der Waals surface area contributed by atoms with Crippen LogP contribution in [0, 0.1) is 0 Å². The van der Waals surface area contributed by atoms with Crippen molar-refractivity contribution in [2.24, 2.45) is 0 Å². The van der Waals surface area contributed by atoms with Crippen molar-refractivity contribution >= 4 is 22.7 Å². The van der Waals surface area contributed by atoms with E-state index in [-0.39, 0.29) is 5.21 Å². The third kappa shape index (κ3) is 4.25. The first kappa shape index (κ1) is 7.40. The van der Waals surface area contributed by atoms with Crippen molar-refractivity contribution < 1.29 is 8.39 Å². The van der Waals surface area contributed by atoms with Crippen molar-refractivity contribution in [3.63, 3.8) is 0 Å². The maximum absolute atomic E-state index is 10.2. The summed E-state index contributed by atoms with van der Waals surface area (Å²) in [5.41, 5.74) is 0. The Morgan fingerprint density at radius 3 is 2.57 bits per heavy atom. The molecule has 0 spiro atoms. The van der Waals surface area contributed by atoms with Crippen LogP contribution in [0.4, 0.5) is 0 Å². The molecule has 0 aromatic heterocycles. The van der Waals surface area contributed by atoms with E-state index in [4.69, 9.17) is 11.6 Å². The van der Waals surface area contributed by atoms with Crippen LogP contribution in [-0.4, -0.2) is 16.0 Å². The molecule has 0 saturated heterocycles. The Morgan fingerprint density at radius 2 is 2.43 bits per heavy atom. The molecule has 0 radical (unpaired) electrons. The average Bonchev–Trinajstić information content (AvgIpc) is 1.68. The number of alkyl halides is 1. The molecule has 0 aliphatic carbocycles. The Balaban J connectivity index is 3.00. The fourth-order valence-corrected chi connectivity index (χ4v) is 0.678. The number of rotatable bonds is 3. The van der Waals surface area contributed by atoms with Crippen molar-refractivity contribution in [1.82, 2.24) is 0 Å². The van der Waals surface area contributed by atoms with Gasteiger partial charge in [0.15, 0.2) is 11.1 Å². The largest absolute Gasteiger partial charge is 0.290 e. The maximum atomic E-state index is 10.2. The summed E-state index contributed by atoms with van der Waals surface area (Å²) in [4.78, 5) is 0. The van der Waals surface area contributed by atoms with Crippen LogP contribution in [-0.2, 0) is 15.3 Å². The summed E-state index contributed by atoms with van der Waals surface area (Å²) in [5, 5.41) is 0.0633. The first-order valence-electron chi connectivity index (χ1n) is 1.89. The van der Waals surface area contributed by atoms with Crippen LogP contribution in [0.3, 0.4) is 0 Å². The van der Waals surface area contributed by atoms with E-state index in [1.807, 2.05) is 0 Å². The van der Waals surface area contributed by atoms with Gasteiger partial charge in [-0.25, -0.2) is 4.21 Å². The minimum Gasteiger partial charge on any atom is -0.290 e. The lowest BCUT2D eigenvalue weighted by atomic mass is 10.9. The minimum absolute atomic E-state index is 0.0633. The minimum atomic E-state index is -1.26. The third-order valence-corrected chi connectivity index (χ3v) is 1.55. The fraction of sp³-hybridized carbons (Fsp3) is 1.00. The van der Waals surface area contributed by atoms with Gasteiger partial charge in [-0.2, -0.15) is 0 Å². The summed E-state index contributed by atoms with van der Waals surface area (Å²) in [6.07, 6.45) is 0. The van der Waals surface area contributed by atoms with Gasteiger partial charge in [0.05, 0.1) is 6.61 Å². The van der Waals surface area contributed by atoms with E-state index < -0.39 is 11.1 Å². The highest BCUT2D eigenvalue weighted by Gasteiger charge is 1.90. The molecule has 0 saturated carbocycles. The predicted octanol–water partition coefficient (Wildman–Crippen LogP) is 0.883. The zero-order valence-electron chi connectivity index (χ0n) is 4.02. The lowest BCUT2D eigenvalue weighted by molar-refractivity contribution is 0.374. The molecule has 7 heavy (non-hydrogen) atoms. The average molecular weight is 143 g/mol. The Kier molecular flexibility index (Phi) is 4.82. The Morgan fingerprint density at radius 1 is 1.86 bits per heavy atom. The molecule has 0 fully saturated rings. The topological polar surface area (TPSA) is 26.3 Å². The molecular weight excluding hydrogens is 136 g/mol. The third-order valence-electron chi connectivity index (χ3n) is 0.338. The monoisotopic (exact) mass is 142 g/mol. The highest BCUT2D eigenvalue weighted by atomic mass is 35.5. The molecule has 0 amide bonds. The number of halogens is 1. The van der Waals surface area contributed by atoms with Gasteiger partial charge in [-0.3, -0.25) is 4.18 Å². The number of hydrogen-bond acceptors (Lipinski definition) is 2. The molecule has 1 atom stereocenters. The van der Waals surface area contributed by atoms with Gasteiger partial charge in [-0.15, -0.1) is 11.6 Å². The normalized spacial score (nSPS) is 14.0. The van der Waals surface area contributed by atoms with Crippen LogP contribution in [0.2, 0.25) is 0 Å². The van der Waals surface area contributed by atoms with Crippen LogP contribution in [0.5, 0.6) is 0 Å². The second-order valence-corrected chi connectivity index (χ2v) is 2.54. The molecule has 1 unspecified atom stereocenters. The Labute approximate surface area is 50.5 Å². The molecule has 44 valence electrons. The molecular formula is C3H7ClO2S. The van der Waals surface area contributed by atoms with Gasteiger partial charge in [-0.05, 0) is 6.92 Å². The van der Waals surface area contributed by atoms with Gasteiger partial charge in [0.2, 0.25) is 0 Å². The van der Waals surface area contributed by atoms with Crippen molar-refractivity contribution in [2.75, 3.05) is 11.8 Å². The van der Waals surface area contributed by atoms with Gasteiger partial charge in [-0.1, -0.05) is 0 Å². The number of hydrogen-bond donors (Lipinski definition) is 0. The highest BCUT2D eigenvalue weighted by molar-refractivity contribution is 7.81. The molecule has 0 bridgehead atoms. The van der Waals surface area contributed by atoms with Crippen molar-refractivity contribution in [2.45, 2.75) is 6.92 Å². The SMILES string of the molecule is CCOS(=O)CCl. The first-order chi connectivity index (χ1) is 3.31. The van der Waals surface area contributed by atoms with Gasteiger partial charge >= 0.3 is 0 Å². The summed E-state index contributed by atoms with van der Waals surface area (Å²) < 4.78 is 14.7. The van der Waals surface area contributed by atoms with E-state index in [1.54, 1.807) is 6.92 Å². The van der Waals surface area contributed by atoms with E-state index in [9.17, 15) is 4.21 Å². The molecule has 0 N–H and O–H groups in total. The lowest BCUT2D eigenvalue weighted by Gasteiger charge is -1.90. The summed E-state index contributed by atoms with van der Waals surface area (Å²) in [6, 6.07) is 0. The standard InChI is InChI=1S/C3H7ClO2S/c1-2-6-7(5)3-4/h2-3H2,1H3. The summed E-state index contributed by atoms with van der Waals surface area (Å²) in [5.74, 6) is 0. The lowest BCUT2D eigenvalue weighted by Crippen LogP contribution is -1.95. The van der Waals surface area contributed by atoms with Crippen LogP contribution in [0.1, 0.15) is 6.92 Å². The molecule has 0 aliphatic rings. The van der Waals surface area contributed by atoms with Gasteiger partial charge < -0.3 is 0 Å². The summed E-state index contributed by atoms with van der Waals surface area (Å²) in [6.45, 7) is 2.23. The van der Waals surface area contributed by atoms with E-state index in [1.165, 1.54) is 0 Å². The molecule has 4 heteroatoms. The predicted molar refractivity (Wildman–Crippen MR) is 30.5 cm³/mol. The van der Waals surface area contributed by atoms with Crippen LogP contribution >= 0.6 is 11.6 Å². The molecule has 0 aliphatic heterocycles. The van der Waals surface area contributed by atoms with Gasteiger partial charge in [0.25, 0.3) is 0 Å². The highest BCUT2D eigenvalue weighted by Crippen LogP contribution is 1.86. The quantitative estimate of drug-likeness (QED) is 0.547. The van der Waals surface area contributed by atoms with Gasteiger partial charge in [0.1, 0.15) is 5.21 Å². The first-order valence-corrected chi connectivity index (χ1v) is 3.66. The zero-order chi connectivity index (χ0) is 5.70. The smallest absolute Gasteiger partial charge is 0.170 e. The summed E-state index contributed by atoms with van der Waals surface area (Å²) in [7, 11) is 0. The van der Waals surface area contributed by atoms with E-state index in [0.717, 1.165) is 0 Å². The van der Waals surface area contributed by atoms with Crippen LogP contribution in [0.25, 0.3) is 0 Å². The second-order valence-electron chi connectivity index (χ2n) is 0.819. The van der Waals surface area contributed by atoms with E-state index >= 15 is 0 Å². The molecule has 0 aromatic carbocycles. The molecule has 2 nitrogen and oxygen atoms in total. The second kappa shape index (κ2) is 4.56. The summed E-state index contributed by atoms with van der Waals surface area (Å²) >= 11 is 3.84. The van der Waals surface area contributed by atoms with Crippen molar-refractivity contribution in [1.29, 1.82) is 0 Å². The molecule has 0 aromatic rings. The van der Waals surface area contributed by atoms with Crippen molar-refractivity contribution in [3.8, 4) is 0 Å². The Hall–Kier alpha value is 0.400. The molecule has 0 rings (SSSR count). The fourth-order valence-electron chi connectivity index (χ4n) is 0.163. The van der Waals surface area contributed by atoms with Crippen LogP contribution in [0.15, 0.2) is 0 Å². The van der Waals surface area contributed by atoms with E-state index in [2.05, 4.69) is 4.18 Å². The Bertz CT molecular complexity index is 66.0. The maximum Gasteiger partial charge on any atom is 0.170 e.